The van der Waals surface area contributed by atoms with Crippen molar-refractivity contribution >= 4 is 10.9 Å². The van der Waals surface area contributed by atoms with E-state index in [0.717, 1.165) is 18.3 Å². The number of fused-ring (bicyclic) bond motifs is 1. The molecular formula is C13H16N2O. The molecule has 1 aromatic carbocycles. The highest BCUT2D eigenvalue weighted by molar-refractivity contribution is 5.81. The van der Waals surface area contributed by atoms with Gasteiger partial charge in [-0.1, -0.05) is 0 Å². The van der Waals surface area contributed by atoms with Gasteiger partial charge in [0.15, 0.2) is 0 Å². The lowest BCUT2D eigenvalue weighted by molar-refractivity contribution is 0.415. The van der Waals surface area contributed by atoms with E-state index >= 15 is 0 Å². The lowest BCUT2D eigenvalue weighted by Gasteiger charge is -1.98. The molecule has 1 heterocycles. The minimum Gasteiger partial charge on any atom is -0.497 e. The number of ether oxygens (including phenoxy) is 1. The van der Waals surface area contributed by atoms with E-state index in [0.29, 0.717) is 0 Å². The molecule has 0 spiro atoms. The van der Waals surface area contributed by atoms with E-state index in [1.165, 1.54) is 29.4 Å². The van der Waals surface area contributed by atoms with E-state index in [2.05, 4.69) is 28.5 Å². The number of hydrogen-bond acceptors (Lipinski definition) is 2. The Morgan fingerprint density at radius 1 is 1.38 bits per heavy atom. The highest BCUT2D eigenvalue weighted by Gasteiger charge is 2.20. The molecule has 0 radical (unpaired) electrons. The topological polar surface area (TPSA) is 37.0 Å². The molecule has 84 valence electrons. The summed E-state index contributed by atoms with van der Waals surface area (Å²) in [5.41, 5.74) is 2.42. The number of benzene rings is 1. The van der Waals surface area contributed by atoms with Gasteiger partial charge in [-0.15, -0.1) is 0 Å². The monoisotopic (exact) mass is 216 g/mol. The summed E-state index contributed by atoms with van der Waals surface area (Å²) in [6.45, 7) is 0.932. The molecule has 1 fully saturated rings. The third-order valence-electron chi connectivity index (χ3n) is 3.04. The van der Waals surface area contributed by atoms with E-state index < -0.39 is 0 Å². The molecule has 0 atom stereocenters. The Hall–Kier alpha value is -1.48. The summed E-state index contributed by atoms with van der Waals surface area (Å²) in [7, 11) is 1.70. The predicted octanol–water partition coefficient (Wildman–Crippen LogP) is 2.43. The maximum absolute atomic E-state index is 5.21. The number of rotatable bonds is 4. The van der Waals surface area contributed by atoms with E-state index in [9.17, 15) is 0 Å². The fourth-order valence-electron chi connectivity index (χ4n) is 1.93. The summed E-state index contributed by atoms with van der Waals surface area (Å²) < 4.78 is 5.21. The van der Waals surface area contributed by atoms with E-state index in [4.69, 9.17) is 4.74 Å². The van der Waals surface area contributed by atoms with Gasteiger partial charge in [0.1, 0.15) is 5.75 Å². The summed E-state index contributed by atoms with van der Waals surface area (Å²) >= 11 is 0. The van der Waals surface area contributed by atoms with Crippen LogP contribution in [0.25, 0.3) is 10.9 Å². The largest absolute Gasteiger partial charge is 0.497 e. The Labute approximate surface area is 94.8 Å². The summed E-state index contributed by atoms with van der Waals surface area (Å²) in [6, 6.07) is 9.05. The van der Waals surface area contributed by atoms with Crippen LogP contribution in [0.4, 0.5) is 0 Å². The van der Waals surface area contributed by atoms with Crippen molar-refractivity contribution in [3.8, 4) is 5.75 Å². The molecule has 1 aromatic heterocycles. The number of H-pyrrole nitrogens is 1. The lowest BCUT2D eigenvalue weighted by Crippen LogP contribution is -2.15. The summed E-state index contributed by atoms with van der Waals surface area (Å²) in [4.78, 5) is 3.41. The van der Waals surface area contributed by atoms with Crippen molar-refractivity contribution in [1.29, 1.82) is 0 Å². The molecule has 3 nitrogen and oxygen atoms in total. The van der Waals surface area contributed by atoms with Crippen molar-refractivity contribution < 1.29 is 4.74 Å². The second kappa shape index (κ2) is 3.83. The molecule has 3 heteroatoms. The Morgan fingerprint density at radius 3 is 3.00 bits per heavy atom. The lowest BCUT2D eigenvalue weighted by atomic mass is 10.2. The standard InChI is InChI=1S/C13H16N2O/c1-16-12-4-5-13-9(7-12)6-11(15-13)8-14-10-2-3-10/h4-7,10,14-15H,2-3,8H2,1H3. The summed E-state index contributed by atoms with van der Waals surface area (Å²) in [5.74, 6) is 0.910. The van der Waals surface area contributed by atoms with Gasteiger partial charge in [0.25, 0.3) is 0 Å². The predicted molar refractivity (Wildman–Crippen MR) is 64.7 cm³/mol. The zero-order valence-corrected chi connectivity index (χ0v) is 9.42. The first-order valence-electron chi connectivity index (χ1n) is 5.74. The van der Waals surface area contributed by atoms with Gasteiger partial charge in [0, 0.05) is 29.2 Å². The quantitative estimate of drug-likeness (QED) is 0.823. The van der Waals surface area contributed by atoms with Crippen LogP contribution < -0.4 is 10.1 Å². The van der Waals surface area contributed by atoms with Crippen molar-refractivity contribution in [2.45, 2.75) is 25.4 Å². The van der Waals surface area contributed by atoms with Crippen LogP contribution in [0.3, 0.4) is 0 Å². The number of methoxy groups -OCH3 is 1. The van der Waals surface area contributed by atoms with Crippen molar-refractivity contribution in [3.63, 3.8) is 0 Å². The fourth-order valence-corrected chi connectivity index (χ4v) is 1.93. The molecular weight excluding hydrogens is 200 g/mol. The average Bonchev–Trinajstić information content (AvgIpc) is 3.04. The molecule has 0 amide bonds. The maximum Gasteiger partial charge on any atom is 0.119 e. The fraction of sp³-hybridized carbons (Fsp3) is 0.385. The van der Waals surface area contributed by atoms with Gasteiger partial charge >= 0.3 is 0 Å². The van der Waals surface area contributed by atoms with Crippen LogP contribution in [0, 0.1) is 0 Å². The Balaban J connectivity index is 1.83. The second-order valence-electron chi connectivity index (χ2n) is 4.40. The SMILES string of the molecule is COc1ccc2[nH]c(CNC3CC3)cc2c1. The zero-order chi connectivity index (χ0) is 11.0. The summed E-state index contributed by atoms with van der Waals surface area (Å²) in [5, 5.41) is 4.71. The molecule has 2 aromatic rings. The molecule has 0 unspecified atom stereocenters. The molecule has 3 rings (SSSR count). The third kappa shape index (κ3) is 1.91. The van der Waals surface area contributed by atoms with Crippen LogP contribution in [-0.4, -0.2) is 18.1 Å². The molecule has 1 aliphatic carbocycles. The van der Waals surface area contributed by atoms with Gasteiger partial charge in [-0.3, -0.25) is 0 Å². The minimum atomic E-state index is 0.751. The third-order valence-corrected chi connectivity index (χ3v) is 3.04. The number of nitrogens with one attached hydrogen (secondary N) is 2. The Bertz CT molecular complexity index is 500. The normalized spacial score (nSPS) is 15.6. The van der Waals surface area contributed by atoms with Crippen molar-refractivity contribution in [3.05, 3.63) is 30.0 Å². The molecule has 0 saturated heterocycles. The van der Waals surface area contributed by atoms with Gasteiger partial charge in [-0.2, -0.15) is 0 Å². The van der Waals surface area contributed by atoms with Crippen LogP contribution in [0.2, 0.25) is 0 Å². The van der Waals surface area contributed by atoms with Crippen LogP contribution in [0.1, 0.15) is 18.5 Å². The Morgan fingerprint density at radius 2 is 2.25 bits per heavy atom. The van der Waals surface area contributed by atoms with Crippen LogP contribution in [0.15, 0.2) is 24.3 Å². The average molecular weight is 216 g/mol. The number of aromatic nitrogens is 1. The van der Waals surface area contributed by atoms with Crippen LogP contribution in [-0.2, 0) is 6.54 Å². The van der Waals surface area contributed by atoms with E-state index in [1.807, 2.05) is 6.07 Å². The molecule has 1 aliphatic rings. The maximum atomic E-state index is 5.21. The first-order chi connectivity index (χ1) is 7.85. The molecule has 2 N–H and O–H groups in total. The first-order valence-corrected chi connectivity index (χ1v) is 5.74. The van der Waals surface area contributed by atoms with Gasteiger partial charge in [-0.05, 0) is 37.1 Å². The zero-order valence-electron chi connectivity index (χ0n) is 9.42. The van der Waals surface area contributed by atoms with Gasteiger partial charge < -0.3 is 15.0 Å². The van der Waals surface area contributed by atoms with E-state index in [-0.39, 0.29) is 0 Å². The highest BCUT2D eigenvalue weighted by atomic mass is 16.5. The van der Waals surface area contributed by atoms with Gasteiger partial charge in [-0.25, -0.2) is 0 Å². The van der Waals surface area contributed by atoms with E-state index in [1.54, 1.807) is 7.11 Å². The number of aromatic amines is 1. The van der Waals surface area contributed by atoms with Gasteiger partial charge in [0.2, 0.25) is 0 Å². The van der Waals surface area contributed by atoms with Crippen molar-refractivity contribution in [2.75, 3.05) is 7.11 Å². The minimum absolute atomic E-state index is 0.751. The highest BCUT2D eigenvalue weighted by Crippen LogP contribution is 2.23. The summed E-state index contributed by atoms with van der Waals surface area (Å²) in [6.07, 6.45) is 2.65. The van der Waals surface area contributed by atoms with Crippen molar-refractivity contribution in [2.24, 2.45) is 0 Å². The first kappa shape index (κ1) is 9.73. The van der Waals surface area contributed by atoms with Crippen LogP contribution >= 0.6 is 0 Å². The molecule has 1 saturated carbocycles. The molecule has 16 heavy (non-hydrogen) atoms. The number of hydrogen-bond donors (Lipinski definition) is 2. The smallest absolute Gasteiger partial charge is 0.119 e. The Kier molecular flexibility index (Phi) is 2.33. The van der Waals surface area contributed by atoms with Crippen molar-refractivity contribution in [1.82, 2.24) is 10.3 Å². The second-order valence-corrected chi connectivity index (χ2v) is 4.40. The molecule has 0 aliphatic heterocycles. The van der Waals surface area contributed by atoms with Crippen LogP contribution in [0.5, 0.6) is 5.75 Å². The molecule has 0 bridgehead atoms. The van der Waals surface area contributed by atoms with Gasteiger partial charge in [0.05, 0.1) is 7.11 Å².